The van der Waals surface area contributed by atoms with Gasteiger partial charge in [-0.1, -0.05) is 0 Å². The number of nitrogens with zero attached hydrogens (tertiary/aromatic N) is 5. The zero-order valence-electron chi connectivity index (χ0n) is 18.8. The molecule has 0 spiro atoms. The Morgan fingerprint density at radius 1 is 0.969 bits per heavy atom. The van der Waals surface area contributed by atoms with Gasteiger partial charge in [0.05, 0.1) is 19.9 Å². The number of rotatable bonds is 6. The van der Waals surface area contributed by atoms with Crippen LogP contribution >= 0.6 is 0 Å². The summed E-state index contributed by atoms with van der Waals surface area (Å²) in [6, 6.07) is 11.3. The molecule has 1 amide bonds. The molecule has 3 heterocycles. The maximum atomic E-state index is 12.8. The maximum absolute atomic E-state index is 12.8. The van der Waals surface area contributed by atoms with Crippen LogP contribution in [0.3, 0.4) is 0 Å². The maximum Gasteiger partial charge on any atom is 0.227 e. The predicted molar refractivity (Wildman–Crippen MR) is 122 cm³/mol. The molecule has 9 nitrogen and oxygen atoms in total. The highest BCUT2D eigenvalue weighted by Gasteiger charge is 2.26. The molecule has 3 aromatic rings. The van der Waals surface area contributed by atoms with E-state index in [1.807, 2.05) is 38.1 Å². The Morgan fingerprint density at radius 2 is 1.66 bits per heavy atom. The Labute approximate surface area is 187 Å². The standard InChI is InChI=1S/C23H28N6O3/c1-15-13-16(2)29(27-15)22-8-7-21(25-26-22)28-11-9-17(10-12-28)23(30)24-18-5-6-19(31-3)20(14-18)32-4/h5-8,13-14,17H,9-12H2,1-4H3,(H,24,30). The van der Waals surface area contributed by atoms with E-state index in [2.05, 4.69) is 25.5 Å². The summed E-state index contributed by atoms with van der Waals surface area (Å²) in [7, 11) is 3.16. The first-order chi connectivity index (χ1) is 15.5. The van der Waals surface area contributed by atoms with Crippen LogP contribution in [-0.2, 0) is 4.79 Å². The fourth-order valence-electron chi connectivity index (χ4n) is 3.99. The average molecular weight is 437 g/mol. The summed E-state index contributed by atoms with van der Waals surface area (Å²) in [5.74, 6) is 2.69. The average Bonchev–Trinajstić information content (AvgIpc) is 3.16. The number of hydrogen-bond donors (Lipinski definition) is 1. The Morgan fingerprint density at radius 3 is 2.25 bits per heavy atom. The Balaban J connectivity index is 1.34. The summed E-state index contributed by atoms with van der Waals surface area (Å²) in [6.45, 7) is 5.44. The van der Waals surface area contributed by atoms with E-state index in [-0.39, 0.29) is 11.8 Å². The van der Waals surface area contributed by atoms with E-state index >= 15 is 0 Å². The third kappa shape index (κ3) is 4.51. The van der Waals surface area contributed by atoms with Gasteiger partial charge in [0, 0.05) is 36.5 Å². The first-order valence-electron chi connectivity index (χ1n) is 10.6. The molecule has 9 heteroatoms. The fourth-order valence-corrected chi connectivity index (χ4v) is 3.99. The van der Waals surface area contributed by atoms with Crippen molar-refractivity contribution in [2.45, 2.75) is 26.7 Å². The number of piperidine rings is 1. The van der Waals surface area contributed by atoms with Crippen molar-refractivity contribution in [1.29, 1.82) is 0 Å². The monoisotopic (exact) mass is 436 g/mol. The van der Waals surface area contributed by atoms with Crippen LogP contribution in [0.2, 0.25) is 0 Å². The summed E-state index contributed by atoms with van der Waals surface area (Å²) < 4.78 is 12.3. The first kappa shape index (κ1) is 21.6. The molecule has 0 saturated carbocycles. The molecule has 1 fully saturated rings. The zero-order valence-corrected chi connectivity index (χ0v) is 18.8. The molecule has 1 aliphatic rings. The zero-order chi connectivity index (χ0) is 22.7. The summed E-state index contributed by atoms with van der Waals surface area (Å²) >= 11 is 0. The Kier molecular flexibility index (Phi) is 6.25. The van der Waals surface area contributed by atoms with Gasteiger partial charge in [-0.3, -0.25) is 4.79 Å². The number of carbonyl (C=O) groups is 1. The molecule has 168 valence electrons. The lowest BCUT2D eigenvalue weighted by atomic mass is 9.96. The number of hydrogen-bond acceptors (Lipinski definition) is 7. The Hall–Kier alpha value is -3.62. The van der Waals surface area contributed by atoms with E-state index in [1.54, 1.807) is 31.0 Å². The highest BCUT2D eigenvalue weighted by Crippen LogP contribution is 2.30. The van der Waals surface area contributed by atoms with Crippen molar-refractivity contribution in [2.24, 2.45) is 5.92 Å². The van der Waals surface area contributed by atoms with Crippen molar-refractivity contribution >= 4 is 17.4 Å². The molecule has 0 radical (unpaired) electrons. The van der Waals surface area contributed by atoms with E-state index in [4.69, 9.17) is 9.47 Å². The normalized spacial score (nSPS) is 14.3. The molecule has 0 unspecified atom stereocenters. The minimum Gasteiger partial charge on any atom is -0.493 e. The molecule has 0 aliphatic carbocycles. The summed E-state index contributed by atoms with van der Waals surface area (Å²) in [5, 5.41) is 16.2. The molecule has 0 bridgehead atoms. The molecule has 1 N–H and O–H groups in total. The van der Waals surface area contributed by atoms with Gasteiger partial charge in [-0.05, 0) is 57.0 Å². The van der Waals surface area contributed by atoms with Crippen molar-refractivity contribution in [2.75, 3.05) is 37.5 Å². The van der Waals surface area contributed by atoms with Gasteiger partial charge in [0.1, 0.15) is 0 Å². The summed E-state index contributed by atoms with van der Waals surface area (Å²) in [4.78, 5) is 14.9. The van der Waals surface area contributed by atoms with E-state index in [9.17, 15) is 4.79 Å². The molecular weight excluding hydrogens is 408 g/mol. The van der Waals surface area contributed by atoms with Crippen LogP contribution < -0.4 is 19.7 Å². The smallest absolute Gasteiger partial charge is 0.227 e. The number of anilines is 2. The second-order valence-corrected chi connectivity index (χ2v) is 7.91. The minimum atomic E-state index is -0.0544. The van der Waals surface area contributed by atoms with Crippen LogP contribution in [-0.4, -0.2) is 53.2 Å². The van der Waals surface area contributed by atoms with Crippen molar-refractivity contribution in [1.82, 2.24) is 20.0 Å². The molecule has 1 saturated heterocycles. The number of ether oxygens (including phenoxy) is 2. The number of aromatic nitrogens is 4. The minimum absolute atomic E-state index is 0.0165. The largest absolute Gasteiger partial charge is 0.493 e. The predicted octanol–water partition coefficient (Wildman–Crippen LogP) is 3.15. The van der Waals surface area contributed by atoms with Crippen LogP contribution in [0.5, 0.6) is 11.5 Å². The SMILES string of the molecule is COc1ccc(NC(=O)C2CCN(c3ccc(-n4nc(C)cc4C)nn3)CC2)cc1OC. The number of nitrogens with one attached hydrogen (secondary N) is 1. The number of amides is 1. The summed E-state index contributed by atoms with van der Waals surface area (Å²) in [6.07, 6.45) is 1.50. The van der Waals surface area contributed by atoms with Crippen molar-refractivity contribution in [3.8, 4) is 17.3 Å². The quantitative estimate of drug-likeness (QED) is 0.634. The van der Waals surface area contributed by atoms with Crippen molar-refractivity contribution in [3.05, 3.63) is 47.8 Å². The second kappa shape index (κ2) is 9.25. The first-order valence-corrected chi connectivity index (χ1v) is 10.6. The third-order valence-corrected chi connectivity index (χ3v) is 5.70. The molecule has 1 aromatic carbocycles. The topological polar surface area (TPSA) is 94.4 Å². The fraction of sp³-hybridized carbons (Fsp3) is 0.391. The molecule has 0 atom stereocenters. The van der Waals surface area contributed by atoms with E-state index in [0.717, 1.165) is 43.1 Å². The summed E-state index contributed by atoms with van der Waals surface area (Å²) in [5.41, 5.74) is 2.66. The van der Waals surface area contributed by atoms with Gasteiger partial charge < -0.3 is 19.7 Å². The number of carbonyl (C=O) groups excluding carboxylic acids is 1. The Bertz CT molecular complexity index is 1090. The van der Waals surface area contributed by atoms with Gasteiger partial charge in [-0.2, -0.15) is 5.10 Å². The third-order valence-electron chi connectivity index (χ3n) is 5.70. The van der Waals surface area contributed by atoms with Crippen LogP contribution in [0.1, 0.15) is 24.2 Å². The number of benzene rings is 1. The lowest BCUT2D eigenvalue weighted by Gasteiger charge is -2.31. The van der Waals surface area contributed by atoms with E-state index < -0.39 is 0 Å². The molecule has 4 rings (SSSR count). The lowest BCUT2D eigenvalue weighted by Crippen LogP contribution is -2.38. The van der Waals surface area contributed by atoms with Crippen molar-refractivity contribution in [3.63, 3.8) is 0 Å². The van der Waals surface area contributed by atoms with Crippen LogP contribution in [0.4, 0.5) is 11.5 Å². The van der Waals surface area contributed by atoms with E-state index in [1.165, 1.54) is 0 Å². The van der Waals surface area contributed by atoms with Gasteiger partial charge >= 0.3 is 0 Å². The van der Waals surface area contributed by atoms with Gasteiger partial charge in [-0.25, -0.2) is 4.68 Å². The van der Waals surface area contributed by atoms with Crippen LogP contribution in [0, 0.1) is 19.8 Å². The second-order valence-electron chi connectivity index (χ2n) is 7.91. The van der Waals surface area contributed by atoms with E-state index in [0.29, 0.717) is 23.0 Å². The molecule has 2 aromatic heterocycles. The highest BCUT2D eigenvalue weighted by molar-refractivity contribution is 5.93. The van der Waals surface area contributed by atoms with Crippen molar-refractivity contribution < 1.29 is 14.3 Å². The number of methoxy groups -OCH3 is 2. The molecule has 1 aliphatic heterocycles. The highest BCUT2D eigenvalue weighted by atomic mass is 16.5. The number of aryl methyl sites for hydroxylation is 2. The van der Waals surface area contributed by atoms with Crippen LogP contribution in [0.25, 0.3) is 5.82 Å². The van der Waals surface area contributed by atoms with Gasteiger partial charge in [-0.15, -0.1) is 10.2 Å². The van der Waals surface area contributed by atoms with Crippen LogP contribution in [0.15, 0.2) is 36.4 Å². The van der Waals surface area contributed by atoms with Gasteiger partial charge in [0.15, 0.2) is 23.1 Å². The molecule has 32 heavy (non-hydrogen) atoms. The van der Waals surface area contributed by atoms with Gasteiger partial charge in [0.25, 0.3) is 0 Å². The lowest BCUT2D eigenvalue weighted by molar-refractivity contribution is -0.120. The molecular formula is C23H28N6O3. The van der Waals surface area contributed by atoms with Gasteiger partial charge in [0.2, 0.25) is 5.91 Å².